The number of nitrogens with zero attached hydrogens (tertiary/aromatic N) is 5. The van der Waals surface area contributed by atoms with Gasteiger partial charge >= 0.3 is 0 Å². The van der Waals surface area contributed by atoms with Gasteiger partial charge in [-0.2, -0.15) is 4.80 Å². The molecule has 2 rings (SSSR count). The summed E-state index contributed by atoms with van der Waals surface area (Å²) in [5, 5.41) is 12.7. The molecule has 0 saturated carbocycles. The molecule has 0 atom stereocenters. The van der Waals surface area contributed by atoms with Crippen molar-refractivity contribution in [1.82, 2.24) is 25.2 Å². The maximum Gasteiger partial charge on any atom is 0.206 e. The summed E-state index contributed by atoms with van der Waals surface area (Å²) in [5.41, 5.74) is 2.07. The predicted octanol–water partition coefficient (Wildman–Crippen LogP) is 2.48. The number of aryl methyl sites for hydroxylation is 1. The quantitative estimate of drug-likeness (QED) is 0.812. The van der Waals surface area contributed by atoms with E-state index in [0.717, 1.165) is 30.5 Å². The zero-order valence-electron chi connectivity index (χ0n) is 11.2. The molecule has 0 fully saturated rings. The molecule has 96 valence electrons. The Morgan fingerprint density at radius 2 is 2.06 bits per heavy atom. The Hall–Kier alpha value is -1.78. The lowest BCUT2D eigenvalue weighted by Gasteiger charge is -2.09. The van der Waals surface area contributed by atoms with Crippen LogP contribution in [0.4, 0.5) is 0 Å². The van der Waals surface area contributed by atoms with E-state index in [9.17, 15) is 0 Å². The molecule has 0 radical (unpaired) electrons. The van der Waals surface area contributed by atoms with Crippen LogP contribution in [0.1, 0.15) is 32.3 Å². The summed E-state index contributed by atoms with van der Waals surface area (Å²) in [6.07, 6.45) is 5.83. The normalized spacial score (nSPS) is 11.1. The van der Waals surface area contributed by atoms with Crippen molar-refractivity contribution < 1.29 is 0 Å². The van der Waals surface area contributed by atoms with Crippen LogP contribution in [0.5, 0.6) is 0 Å². The van der Waals surface area contributed by atoms with Gasteiger partial charge in [0.15, 0.2) is 0 Å². The SMILES string of the molecule is CCC(CC)Cn1nnc(-c2cnccc2C)n1. The van der Waals surface area contributed by atoms with E-state index in [1.807, 2.05) is 13.0 Å². The molecule has 2 aromatic rings. The van der Waals surface area contributed by atoms with Gasteiger partial charge < -0.3 is 0 Å². The fourth-order valence-electron chi connectivity index (χ4n) is 1.90. The highest BCUT2D eigenvalue weighted by molar-refractivity contribution is 5.56. The zero-order valence-corrected chi connectivity index (χ0v) is 11.2. The van der Waals surface area contributed by atoms with Gasteiger partial charge in [-0.3, -0.25) is 4.98 Å². The van der Waals surface area contributed by atoms with Crippen LogP contribution in [-0.2, 0) is 6.54 Å². The van der Waals surface area contributed by atoms with Crippen molar-refractivity contribution in [1.29, 1.82) is 0 Å². The van der Waals surface area contributed by atoms with E-state index in [2.05, 4.69) is 34.2 Å². The topological polar surface area (TPSA) is 56.5 Å². The summed E-state index contributed by atoms with van der Waals surface area (Å²) in [6, 6.07) is 1.96. The summed E-state index contributed by atoms with van der Waals surface area (Å²) in [7, 11) is 0. The van der Waals surface area contributed by atoms with Crippen molar-refractivity contribution in [3.63, 3.8) is 0 Å². The highest BCUT2D eigenvalue weighted by Crippen LogP contribution is 2.17. The highest BCUT2D eigenvalue weighted by Gasteiger charge is 2.11. The van der Waals surface area contributed by atoms with Crippen molar-refractivity contribution in [3.05, 3.63) is 24.0 Å². The van der Waals surface area contributed by atoms with Gasteiger partial charge in [0.2, 0.25) is 5.82 Å². The molecule has 0 spiro atoms. The summed E-state index contributed by atoms with van der Waals surface area (Å²) >= 11 is 0. The van der Waals surface area contributed by atoms with Crippen LogP contribution in [0, 0.1) is 12.8 Å². The Balaban J connectivity index is 2.18. The smallest absolute Gasteiger partial charge is 0.206 e. The molecule has 0 aliphatic rings. The minimum Gasteiger partial charge on any atom is -0.264 e. The number of hydrogen-bond acceptors (Lipinski definition) is 4. The van der Waals surface area contributed by atoms with Gasteiger partial charge in [-0.15, -0.1) is 10.2 Å². The summed E-state index contributed by atoms with van der Waals surface area (Å²) in [5.74, 6) is 1.27. The molecular formula is C13H19N5. The van der Waals surface area contributed by atoms with E-state index < -0.39 is 0 Å². The number of hydrogen-bond donors (Lipinski definition) is 0. The van der Waals surface area contributed by atoms with Crippen LogP contribution in [0.2, 0.25) is 0 Å². The first-order chi connectivity index (χ1) is 8.74. The average molecular weight is 245 g/mol. The third-order valence-electron chi connectivity index (χ3n) is 3.31. The number of tetrazole rings is 1. The van der Waals surface area contributed by atoms with E-state index in [1.54, 1.807) is 17.2 Å². The first-order valence-electron chi connectivity index (χ1n) is 6.43. The van der Waals surface area contributed by atoms with Crippen molar-refractivity contribution in [2.75, 3.05) is 0 Å². The molecule has 5 nitrogen and oxygen atoms in total. The fraction of sp³-hybridized carbons (Fsp3) is 0.538. The minimum absolute atomic E-state index is 0.613. The number of pyridine rings is 1. The Labute approximate surface area is 107 Å². The standard InChI is InChI=1S/C13H19N5/c1-4-11(5-2)9-18-16-13(15-17-18)12-8-14-7-6-10(12)3/h6-8,11H,4-5,9H2,1-3H3. The average Bonchev–Trinajstić information content (AvgIpc) is 2.85. The van der Waals surface area contributed by atoms with E-state index in [4.69, 9.17) is 0 Å². The summed E-state index contributed by atoms with van der Waals surface area (Å²) in [4.78, 5) is 5.80. The van der Waals surface area contributed by atoms with Gasteiger partial charge in [0.1, 0.15) is 0 Å². The van der Waals surface area contributed by atoms with Crippen LogP contribution >= 0.6 is 0 Å². The van der Waals surface area contributed by atoms with E-state index >= 15 is 0 Å². The first-order valence-corrected chi connectivity index (χ1v) is 6.43. The first kappa shape index (κ1) is 12.7. The second kappa shape index (κ2) is 5.71. The van der Waals surface area contributed by atoms with Crippen LogP contribution in [0.15, 0.2) is 18.5 Å². The molecular weight excluding hydrogens is 226 g/mol. The van der Waals surface area contributed by atoms with Crippen LogP contribution in [0.25, 0.3) is 11.4 Å². The molecule has 0 aliphatic carbocycles. The molecule has 0 amide bonds. The van der Waals surface area contributed by atoms with Crippen LogP contribution < -0.4 is 0 Å². The van der Waals surface area contributed by atoms with Gasteiger partial charge in [-0.25, -0.2) is 0 Å². The van der Waals surface area contributed by atoms with Gasteiger partial charge in [0, 0.05) is 18.0 Å². The molecule has 5 heteroatoms. The van der Waals surface area contributed by atoms with E-state index in [-0.39, 0.29) is 0 Å². The number of rotatable bonds is 5. The van der Waals surface area contributed by atoms with Gasteiger partial charge in [0.05, 0.1) is 6.54 Å². The fourth-order valence-corrected chi connectivity index (χ4v) is 1.90. The summed E-state index contributed by atoms with van der Waals surface area (Å²) in [6.45, 7) is 7.24. The molecule has 0 aliphatic heterocycles. The van der Waals surface area contributed by atoms with Crippen molar-refractivity contribution in [2.24, 2.45) is 5.92 Å². The maximum absolute atomic E-state index is 4.43. The molecule has 0 bridgehead atoms. The van der Waals surface area contributed by atoms with Crippen LogP contribution in [-0.4, -0.2) is 25.2 Å². The van der Waals surface area contributed by atoms with Crippen molar-refractivity contribution in [3.8, 4) is 11.4 Å². The van der Waals surface area contributed by atoms with Gasteiger partial charge in [-0.1, -0.05) is 26.7 Å². The predicted molar refractivity (Wildman–Crippen MR) is 69.9 cm³/mol. The molecule has 0 saturated heterocycles. The molecule has 0 aromatic carbocycles. The zero-order chi connectivity index (χ0) is 13.0. The Morgan fingerprint density at radius 3 is 2.72 bits per heavy atom. The monoisotopic (exact) mass is 245 g/mol. The Morgan fingerprint density at radius 1 is 1.28 bits per heavy atom. The molecule has 2 aromatic heterocycles. The van der Waals surface area contributed by atoms with E-state index in [1.165, 1.54) is 0 Å². The molecule has 2 heterocycles. The summed E-state index contributed by atoms with van der Waals surface area (Å²) < 4.78 is 0. The Bertz CT molecular complexity index is 502. The van der Waals surface area contributed by atoms with Gasteiger partial charge in [0.25, 0.3) is 0 Å². The lowest BCUT2D eigenvalue weighted by Crippen LogP contribution is -2.12. The number of aromatic nitrogens is 5. The lowest BCUT2D eigenvalue weighted by molar-refractivity contribution is 0.363. The minimum atomic E-state index is 0.613. The Kier molecular flexibility index (Phi) is 4.02. The van der Waals surface area contributed by atoms with Crippen molar-refractivity contribution in [2.45, 2.75) is 40.2 Å². The largest absolute Gasteiger partial charge is 0.264 e. The lowest BCUT2D eigenvalue weighted by atomic mass is 10.0. The van der Waals surface area contributed by atoms with Gasteiger partial charge in [-0.05, 0) is 29.7 Å². The highest BCUT2D eigenvalue weighted by atomic mass is 15.6. The molecule has 0 unspecified atom stereocenters. The molecule has 18 heavy (non-hydrogen) atoms. The molecule has 0 N–H and O–H groups in total. The second-order valence-corrected chi connectivity index (χ2v) is 4.54. The maximum atomic E-state index is 4.43. The third kappa shape index (κ3) is 2.72. The van der Waals surface area contributed by atoms with Crippen molar-refractivity contribution >= 4 is 0 Å². The van der Waals surface area contributed by atoms with Crippen LogP contribution in [0.3, 0.4) is 0 Å². The second-order valence-electron chi connectivity index (χ2n) is 4.54. The van der Waals surface area contributed by atoms with E-state index in [0.29, 0.717) is 11.7 Å². The third-order valence-corrected chi connectivity index (χ3v) is 3.31.